The molecule has 2 heterocycles. The second kappa shape index (κ2) is 8.45. The van der Waals surface area contributed by atoms with Crippen molar-refractivity contribution in [3.8, 4) is 28.7 Å². The number of benzene rings is 2. The van der Waals surface area contributed by atoms with Crippen molar-refractivity contribution in [3.05, 3.63) is 64.8 Å². The zero-order chi connectivity index (χ0) is 23.9. The summed E-state index contributed by atoms with van der Waals surface area (Å²) >= 11 is 6.41. The minimum atomic E-state index is -3.43. The highest BCUT2D eigenvalue weighted by Gasteiger charge is 2.28. The van der Waals surface area contributed by atoms with Gasteiger partial charge in [-0.1, -0.05) is 60.9 Å². The molecule has 0 saturated heterocycles. The number of carbonyl (C=O) groups is 1. The van der Waals surface area contributed by atoms with Gasteiger partial charge in [0.25, 0.3) is 5.89 Å². The van der Waals surface area contributed by atoms with Crippen LogP contribution in [0.4, 0.5) is 0 Å². The Bertz CT molecular complexity index is 1470. The highest BCUT2D eigenvalue weighted by atomic mass is 35.5. The third kappa shape index (κ3) is 4.27. The third-order valence-electron chi connectivity index (χ3n) is 4.97. The Hall–Kier alpha value is -3.50. The summed E-state index contributed by atoms with van der Waals surface area (Å²) in [7, 11) is -3.43. The quantitative estimate of drug-likeness (QED) is 0.422. The molecule has 1 N–H and O–H groups in total. The first-order chi connectivity index (χ1) is 15.6. The van der Waals surface area contributed by atoms with Gasteiger partial charge in [0.05, 0.1) is 10.6 Å². The number of hydrogen-bond donors (Lipinski definition) is 1. The molecule has 0 fully saturated rings. The van der Waals surface area contributed by atoms with Crippen molar-refractivity contribution >= 4 is 27.4 Å². The van der Waals surface area contributed by atoms with Crippen LogP contribution >= 0.6 is 11.6 Å². The molecule has 0 atom stereocenters. The Balaban J connectivity index is 1.90. The molecule has 0 aliphatic rings. The summed E-state index contributed by atoms with van der Waals surface area (Å²) < 4.78 is 30.6. The monoisotopic (exact) mass is 486 g/mol. The van der Waals surface area contributed by atoms with E-state index in [9.17, 15) is 18.3 Å². The zero-order valence-corrected chi connectivity index (χ0v) is 19.4. The summed E-state index contributed by atoms with van der Waals surface area (Å²) in [5.74, 6) is -1.13. The number of nitrogens with zero attached hydrogens (tertiary/aromatic N) is 4. The standard InChI is InChI=1S/C22H19ClN4O5S/c1-12(2)15-9-4-5-10-16(15)27-19(17(23)18(25-27)22(28)29)21-24-20(26-32-21)13-7-6-8-14(11-13)33(3,30)31/h4-12H,1-3H3,(H,28,29). The van der Waals surface area contributed by atoms with Crippen LogP contribution in [0.15, 0.2) is 57.9 Å². The number of aromatic carboxylic acids is 1. The Morgan fingerprint density at radius 1 is 1.15 bits per heavy atom. The predicted molar refractivity (Wildman–Crippen MR) is 121 cm³/mol. The van der Waals surface area contributed by atoms with Gasteiger partial charge >= 0.3 is 5.97 Å². The van der Waals surface area contributed by atoms with Gasteiger partial charge in [-0.3, -0.25) is 0 Å². The van der Waals surface area contributed by atoms with E-state index in [2.05, 4.69) is 15.2 Å². The average molecular weight is 487 g/mol. The van der Waals surface area contributed by atoms with Crippen LogP contribution in [0.2, 0.25) is 5.02 Å². The largest absolute Gasteiger partial charge is 0.476 e. The molecule has 11 heteroatoms. The lowest BCUT2D eigenvalue weighted by Gasteiger charge is -2.13. The van der Waals surface area contributed by atoms with Gasteiger partial charge in [-0.2, -0.15) is 10.1 Å². The fraction of sp³-hybridized carbons (Fsp3) is 0.182. The number of rotatable bonds is 6. The molecule has 2 aromatic carbocycles. The maximum Gasteiger partial charge on any atom is 0.358 e. The zero-order valence-electron chi connectivity index (χ0n) is 17.9. The van der Waals surface area contributed by atoms with Gasteiger partial charge in [-0.15, -0.1) is 0 Å². The molecule has 0 amide bonds. The number of carboxylic acid groups (broad SMARTS) is 1. The van der Waals surface area contributed by atoms with E-state index in [0.29, 0.717) is 11.3 Å². The van der Waals surface area contributed by atoms with E-state index in [-0.39, 0.29) is 38.9 Å². The maximum absolute atomic E-state index is 11.9. The van der Waals surface area contributed by atoms with Gasteiger partial charge in [-0.25, -0.2) is 17.9 Å². The molecule has 0 aliphatic carbocycles. The molecule has 4 aromatic rings. The lowest BCUT2D eigenvalue weighted by Crippen LogP contribution is -2.06. The molecule has 0 spiro atoms. The number of para-hydroxylation sites is 1. The van der Waals surface area contributed by atoms with Crippen molar-refractivity contribution in [1.82, 2.24) is 19.9 Å². The van der Waals surface area contributed by atoms with E-state index < -0.39 is 15.8 Å². The number of sulfone groups is 1. The molecule has 0 saturated carbocycles. The third-order valence-corrected chi connectivity index (χ3v) is 6.43. The number of aromatic nitrogens is 4. The molecular formula is C22H19ClN4O5S. The van der Waals surface area contributed by atoms with Gasteiger partial charge in [0.15, 0.2) is 21.2 Å². The summed E-state index contributed by atoms with van der Waals surface area (Å²) in [5, 5.41) is 17.6. The first-order valence-electron chi connectivity index (χ1n) is 9.83. The van der Waals surface area contributed by atoms with Crippen LogP contribution in [0.5, 0.6) is 0 Å². The van der Waals surface area contributed by atoms with Crippen LogP contribution in [0.3, 0.4) is 0 Å². The topological polar surface area (TPSA) is 128 Å². The van der Waals surface area contributed by atoms with E-state index in [0.717, 1.165) is 11.8 Å². The number of halogens is 1. The molecule has 33 heavy (non-hydrogen) atoms. The number of carboxylic acids is 1. The van der Waals surface area contributed by atoms with Gasteiger partial charge in [0, 0.05) is 11.8 Å². The van der Waals surface area contributed by atoms with Crippen LogP contribution < -0.4 is 0 Å². The van der Waals surface area contributed by atoms with Crippen LogP contribution in [0.25, 0.3) is 28.7 Å². The summed E-state index contributed by atoms with van der Waals surface area (Å²) in [4.78, 5) is 16.2. The van der Waals surface area contributed by atoms with Crippen LogP contribution in [-0.4, -0.2) is 45.7 Å². The lowest BCUT2D eigenvalue weighted by atomic mass is 10.0. The van der Waals surface area contributed by atoms with E-state index in [4.69, 9.17) is 16.1 Å². The van der Waals surface area contributed by atoms with Crippen molar-refractivity contribution in [2.24, 2.45) is 0 Å². The second-order valence-corrected chi connectivity index (χ2v) is 10.1. The summed E-state index contributed by atoms with van der Waals surface area (Å²) in [6, 6.07) is 13.5. The van der Waals surface area contributed by atoms with Crippen LogP contribution in [-0.2, 0) is 9.84 Å². The fourth-order valence-electron chi connectivity index (χ4n) is 3.37. The summed E-state index contributed by atoms with van der Waals surface area (Å²) in [5.41, 5.74) is 1.71. The molecule has 0 bridgehead atoms. The minimum absolute atomic E-state index is 0.0571. The highest BCUT2D eigenvalue weighted by molar-refractivity contribution is 7.90. The van der Waals surface area contributed by atoms with E-state index in [1.54, 1.807) is 24.3 Å². The lowest BCUT2D eigenvalue weighted by molar-refractivity contribution is 0.0690. The Labute approximate surface area is 194 Å². The van der Waals surface area contributed by atoms with Crippen LogP contribution in [0, 0.1) is 0 Å². The number of hydrogen-bond acceptors (Lipinski definition) is 7. The Kier molecular flexibility index (Phi) is 5.81. The maximum atomic E-state index is 11.9. The molecular weight excluding hydrogens is 468 g/mol. The molecule has 170 valence electrons. The van der Waals surface area contributed by atoms with Gasteiger partial charge < -0.3 is 9.63 Å². The van der Waals surface area contributed by atoms with Crippen molar-refractivity contribution < 1.29 is 22.8 Å². The SMILES string of the molecule is CC(C)c1ccccc1-n1nc(C(=O)O)c(Cl)c1-c1nc(-c2cccc(S(C)(=O)=O)c2)no1. The Morgan fingerprint density at radius 3 is 2.55 bits per heavy atom. The van der Waals surface area contributed by atoms with Gasteiger partial charge in [0.1, 0.15) is 5.02 Å². The molecule has 0 radical (unpaired) electrons. The van der Waals surface area contributed by atoms with Crippen molar-refractivity contribution in [1.29, 1.82) is 0 Å². The first kappa shape index (κ1) is 22.7. The second-order valence-electron chi connectivity index (χ2n) is 7.66. The molecule has 9 nitrogen and oxygen atoms in total. The predicted octanol–water partition coefficient (Wildman–Crippen LogP) is 4.47. The minimum Gasteiger partial charge on any atom is -0.476 e. The molecule has 0 aliphatic heterocycles. The fourth-order valence-corrected chi connectivity index (χ4v) is 4.31. The van der Waals surface area contributed by atoms with Crippen molar-refractivity contribution in [3.63, 3.8) is 0 Å². The summed E-state index contributed by atoms with van der Waals surface area (Å²) in [6.45, 7) is 4.00. The highest BCUT2D eigenvalue weighted by Crippen LogP contribution is 2.35. The van der Waals surface area contributed by atoms with E-state index in [1.807, 2.05) is 26.0 Å². The summed E-state index contributed by atoms with van der Waals surface area (Å²) in [6.07, 6.45) is 1.10. The Morgan fingerprint density at radius 2 is 1.88 bits per heavy atom. The van der Waals surface area contributed by atoms with Gasteiger partial charge in [-0.05, 0) is 29.7 Å². The average Bonchev–Trinajstić information content (AvgIpc) is 3.37. The van der Waals surface area contributed by atoms with E-state index >= 15 is 0 Å². The molecule has 0 unspecified atom stereocenters. The normalized spacial score (nSPS) is 11.8. The molecule has 2 aromatic heterocycles. The first-order valence-corrected chi connectivity index (χ1v) is 12.1. The molecule has 4 rings (SSSR count). The van der Waals surface area contributed by atoms with E-state index in [1.165, 1.54) is 16.8 Å². The van der Waals surface area contributed by atoms with Crippen molar-refractivity contribution in [2.45, 2.75) is 24.7 Å². The van der Waals surface area contributed by atoms with Crippen LogP contribution in [0.1, 0.15) is 35.8 Å². The van der Waals surface area contributed by atoms with Gasteiger partial charge in [0.2, 0.25) is 5.82 Å². The smallest absolute Gasteiger partial charge is 0.358 e. The van der Waals surface area contributed by atoms with Crippen molar-refractivity contribution in [2.75, 3.05) is 6.26 Å².